The predicted molar refractivity (Wildman–Crippen MR) is 49.0 cm³/mol. The quantitative estimate of drug-likeness (QED) is 0.687. The molecular weight excluding hydrogens is 193 g/mol. The Hall–Kier alpha value is -0.290. The SMILES string of the molecule is CC(C)N1CCCN(CC(F)(F)F)C1. The van der Waals surface area contributed by atoms with E-state index in [9.17, 15) is 13.2 Å². The zero-order valence-corrected chi connectivity index (χ0v) is 8.64. The molecule has 0 radical (unpaired) electrons. The summed E-state index contributed by atoms with van der Waals surface area (Å²) in [4.78, 5) is 3.53. The number of alkyl halides is 3. The maximum Gasteiger partial charge on any atom is 0.401 e. The first-order chi connectivity index (χ1) is 6.38. The van der Waals surface area contributed by atoms with Gasteiger partial charge >= 0.3 is 6.18 Å². The lowest BCUT2D eigenvalue weighted by molar-refractivity contribution is -0.154. The fourth-order valence-corrected chi connectivity index (χ4v) is 1.70. The molecule has 14 heavy (non-hydrogen) atoms. The van der Waals surface area contributed by atoms with E-state index in [1.54, 1.807) is 0 Å². The molecule has 1 aliphatic rings. The maximum absolute atomic E-state index is 12.1. The van der Waals surface area contributed by atoms with Crippen LogP contribution in [-0.4, -0.2) is 48.3 Å². The molecule has 0 amide bonds. The average molecular weight is 210 g/mol. The van der Waals surface area contributed by atoms with Crippen LogP contribution >= 0.6 is 0 Å². The molecule has 84 valence electrons. The standard InChI is InChI=1S/C9H17F3N2/c1-8(2)14-5-3-4-13(7-14)6-9(10,11)12/h8H,3-7H2,1-2H3. The van der Waals surface area contributed by atoms with Crippen molar-refractivity contribution < 1.29 is 13.2 Å². The predicted octanol–water partition coefficient (Wildman–Crippen LogP) is 1.92. The van der Waals surface area contributed by atoms with Crippen LogP contribution in [-0.2, 0) is 0 Å². The maximum atomic E-state index is 12.1. The van der Waals surface area contributed by atoms with Crippen LogP contribution in [0.25, 0.3) is 0 Å². The molecule has 0 aromatic heterocycles. The van der Waals surface area contributed by atoms with E-state index in [0.717, 1.165) is 13.0 Å². The molecule has 2 nitrogen and oxygen atoms in total. The normalized spacial score (nSPS) is 21.9. The van der Waals surface area contributed by atoms with Crippen LogP contribution < -0.4 is 0 Å². The van der Waals surface area contributed by atoms with Crippen molar-refractivity contribution in [1.82, 2.24) is 9.80 Å². The Morgan fingerprint density at radius 2 is 1.86 bits per heavy atom. The zero-order chi connectivity index (χ0) is 10.8. The van der Waals surface area contributed by atoms with Gasteiger partial charge in [0.05, 0.1) is 13.2 Å². The molecular formula is C9H17F3N2. The van der Waals surface area contributed by atoms with Crippen LogP contribution in [0.15, 0.2) is 0 Å². The summed E-state index contributed by atoms with van der Waals surface area (Å²) in [7, 11) is 0. The molecule has 1 heterocycles. The van der Waals surface area contributed by atoms with Crippen molar-refractivity contribution in [1.29, 1.82) is 0 Å². The van der Waals surface area contributed by atoms with Crippen LogP contribution in [0.4, 0.5) is 13.2 Å². The van der Waals surface area contributed by atoms with Crippen LogP contribution in [0.1, 0.15) is 20.3 Å². The summed E-state index contributed by atoms with van der Waals surface area (Å²) in [5.74, 6) is 0. The van der Waals surface area contributed by atoms with Gasteiger partial charge in [-0.1, -0.05) is 0 Å². The van der Waals surface area contributed by atoms with Gasteiger partial charge in [-0.25, -0.2) is 0 Å². The smallest absolute Gasteiger partial charge is 0.288 e. The van der Waals surface area contributed by atoms with Crippen LogP contribution in [0.2, 0.25) is 0 Å². The molecule has 0 unspecified atom stereocenters. The van der Waals surface area contributed by atoms with Crippen LogP contribution in [0.3, 0.4) is 0 Å². The van der Waals surface area contributed by atoms with Crippen LogP contribution in [0.5, 0.6) is 0 Å². The Kier molecular flexibility index (Phi) is 3.78. The third-order valence-electron chi connectivity index (χ3n) is 2.43. The second kappa shape index (κ2) is 4.49. The van der Waals surface area contributed by atoms with Crippen LogP contribution in [0, 0.1) is 0 Å². The van der Waals surface area contributed by atoms with Crippen molar-refractivity contribution in [2.45, 2.75) is 32.5 Å². The summed E-state index contributed by atoms with van der Waals surface area (Å²) in [5.41, 5.74) is 0. The highest BCUT2D eigenvalue weighted by molar-refractivity contribution is 4.73. The highest BCUT2D eigenvalue weighted by Crippen LogP contribution is 2.19. The Bertz CT molecular complexity index is 179. The summed E-state index contributed by atoms with van der Waals surface area (Å²) in [6, 6.07) is 0.325. The Morgan fingerprint density at radius 3 is 2.36 bits per heavy atom. The summed E-state index contributed by atoms with van der Waals surface area (Å²) in [5, 5.41) is 0. The number of halogens is 3. The lowest BCUT2D eigenvalue weighted by Gasteiger charge is -2.38. The minimum absolute atomic E-state index is 0.325. The number of hydrogen-bond donors (Lipinski definition) is 0. The monoisotopic (exact) mass is 210 g/mol. The van der Waals surface area contributed by atoms with E-state index in [1.807, 2.05) is 13.8 Å². The molecule has 0 atom stereocenters. The van der Waals surface area contributed by atoms with Gasteiger partial charge in [0.25, 0.3) is 0 Å². The lowest BCUT2D eigenvalue weighted by Crippen LogP contribution is -2.50. The van der Waals surface area contributed by atoms with E-state index in [0.29, 0.717) is 19.3 Å². The zero-order valence-electron chi connectivity index (χ0n) is 8.64. The van der Waals surface area contributed by atoms with E-state index in [-0.39, 0.29) is 0 Å². The van der Waals surface area contributed by atoms with E-state index < -0.39 is 12.7 Å². The Balaban J connectivity index is 2.40. The van der Waals surface area contributed by atoms with E-state index >= 15 is 0 Å². The second-order valence-electron chi connectivity index (χ2n) is 4.07. The molecule has 0 aromatic carbocycles. The van der Waals surface area contributed by atoms with Crippen molar-refractivity contribution in [3.05, 3.63) is 0 Å². The van der Waals surface area contributed by atoms with Gasteiger partial charge in [-0.05, 0) is 20.3 Å². The minimum Gasteiger partial charge on any atom is -0.288 e. The molecule has 0 N–H and O–H groups in total. The fourth-order valence-electron chi connectivity index (χ4n) is 1.70. The van der Waals surface area contributed by atoms with Crippen molar-refractivity contribution >= 4 is 0 Å². The first-order valence-electron chi connectivity index (χ1n) is 4.91. The molecule has 1 rings (SSSR count). The third-order valence-corrected chi connectivity index (χ3v) is 2.43. The number of hydrogen-bond acceptors (Lipinski definition) is 2. The van der Waals surface area contributed by atoms with Gasteiger partial charge in [-0.15, -0.1) is 0 Å². The topological polar surface area (TPSA) is 6.48 Å². The van der Waals surface area contributed by atoms with E-state index in [4.69, 9.17) is 0 Å². The highest BCUT2D eigenvalue weighted by atomic mass is 19.4. The summed E-state index contributed by atoms with van der Waals surface area (Å²) in [6.07, 6.45) is -3.24. The van der Waals surface area contributed by atoms with E-state index in [1.165, 1.54) is 4.90 Å². The molecule has 0 aliphatic carbocycles. The van der Waals surface area contributed by atoms with E-state index in [2.05, 4.69) is 4.90 Å². The minimum atomic E-state index is -4.07. The second-order valence-corrected chi connectivity index (χ2v) is 4.07. The molecule has 0 saturated carbocycles. The first kappa shape index (κ1) is 11.8. The van der Waals surface area contributed by atoms with Gasteiger partial charge in [0.15, 0.2) is 0 Å². The highest BCUT2D eigenvalue weighted by Gasteiger charge is 2.32. The summed E-state index contributed by atoms with van der Waals surface area (Å²) in [6.45, 7) is 5.15. The van der Waals surface area contributed by atoms with Crippen molar-refractivity contribution in [3.8, 4) is 0 Å². The fraction of sp³-hybridized carbons (Fsp3) is 1.00. The Morgan fingerprint density at radius 1 is 1.21 bits per heavy atom. The van der Waals surface area contributed by atoms with Crippen molar-refractivity contribution in [3.63, 3.8) is 0 Å². The van der Waals surface area contributed by atoms with Gasteiger partial charge in [0, 0.05) is 19.1 Å². The van der Waals surface area contributed by atoms with Gasteiger partial charge in [0.2, 0.25) is 0 Å². The number of rotatable bonds is 2. The van der Waals surface area contributed by atoms with Crippen molar-refractivity contribution in [2.24, 2.45) is 0 Å². The molecule has 0 bridgehead atoms. The molecule has 0 spiro atoms. The largest absolute Gasteiger partial charge is 0.401 e. The van der Waals surface area contributed by atoms with Crippen molar-refractivity contribution in [2.75, 3.05) is 26.3 Å². The Labute approximate surface area is 82.7 Å². The van der Waals surface area contributed by atoms with Gasteiger partial charge in [0.1, 0.15) is 0 Å². The molecule has 1 fully saturated rings. The lowest BCUT2D eigenvalue weighted by atomic mass is 10.2. The van der Waals surface area contributed by atoms with Gasteiger partial charge < -0.3 is 0 Å². The summed E-state index contributed by atoms with van der Waals surface area (Å²) >= 11 is 0. The molecule has 1 aliphatic heterocycles. The molecule has 5 heteroatoms. The van der Waals surface area contributed by atoms with Gasteiger partial charge in [-0.2, -0.15) is 13.2 Å². The molecule has 0 aromatic rings. The third kappa shape index (κ3) is 3.84. The van der Waals surface area contributed by atoms with Gasteiger partial charge in [-0.3, -0.25) is 9.80 Å². The number of nitrogens with zero attached hydrogens (tertiary/aromatic N) is 2. The molecule has 1 saturated heterocycles. The first-order valence-corrected chi connectivity index (χ1v) is 4.91. The summed E-state index contributed by atoms with van der Waals surface area (Å²) < 4.78 is 36.3. The average Bonchev–Trinajstić information content (AvgIpc) is 2.01.